The molecule has 0 aliphatic heterocycles. The Kier molecular flexibility index (Phi) is 5.25. The smallest absolute Gasteiger partial charge is 0.376 e. The van der Waals surface area contributed by atoms with Crippen molar-refractivity contribution in [3.8, 4) is 11.5 Å². The van der Waals surface area contributed by atoms with Gasteiger partial charge < -0.3 is 4.74 Å². The van der Waals surface area contributed by atoms with Gasteiger partial charge in [-0.05, 0) is 25.1 Å². The number of aromatic nitrogens is 6. The molecule has 0 radical (unpaired) electrons. The Labute approximate surface area is 126 Å². The van der Waals surface area contributed by atoms with Crippen molar-refractivity contribution in [2.45, 2.75) is 6.92 Å². The van der Waals surface area contributed by atoms with Crippen molar-refractivity contribution in [1.29, 1.82) is 0 Å². The van der Waals surface area contributed by atoms with Crippen LogP contribution in [-0.4, -0.2) is 43.2 Å². The molecule has 0 aliphatic rings. The van der Waals surface area contributed by atoms with Gasteiger partial charge in [-0.15, -0.1) is 0 Å². The largest absolute Gasteiger partial charge is 0.463 e. The van der Waals surface area contributed by atoms with Crippen molar-refractivity contribution in [2.75, 3.05) is 7.11 Å². The molecule has 0 aromatic carbocycles. The van der Waals surface area contributed by atoms with Crippen molar-refractivity contribution in [3.63, 3.8) is 0 Å². The van der Waals surface area contributed by atoms with E-state index >= 15 is 0 Å². The molecule has 0 unspecified atom stereocenters. The molecule has 8 nitrogen and oxygen atoms in total. The van der Waals surface area contributed by atoms with Gasteiger partial charge in [0.15, 0.2) is 5.82 Å². The minimum absolute atomic E-state index is 0.0880. The van der Waals surface area contributed by atoms with Crippen LogP contribution in [0.1, 0.15) is 16.3 Å². The summed E-state index contributed by atoms with van der Waals surface area (Å²) >= 11 is 0. The van der Waals surface area contributed by atoms with Crippen LogP contribution in [0.3, 0.4) is 0 Å². The molecule has 0 bridgehead atoms. The number of aromatic amines is 1. The molecular formula is C14H14N6O2. The summed E-state index contributed by atoms with van der Waals surface area (Å²) in [5.74, 6) is 0.229. The first-order chi connectivity index (χ1) is 10.7. The monoisotopic (exact) mass is 298 g/mol. The summed E-state index contributed by atoms with van der Waals surface area (Å²) in [7, 11) is 1.29. The molecule has 3 aromatic rings. The highest BCUT2D eigenvalue weighted by Gasteiger charge is 2.05. The minimum Gasteiger partial charge on any atom is -0.463 e. The Morgan fingerprint density at radius 1 is 1.05 bits per heavy atom. The number of esters is 1. The molecule has 0 aliphatic carbocycles. The van der Waals surface area contributed by atoms with Crippen molar-refractivity contribution in [1.82, 2.24) is 30.1 Å². The molecule has 0 amide bonds. The number of aryl methyl sites for hydroxylation is 1. The highest BCUT2D eigenvalue weighted by Crippen LogP contribution is 2.10. The number of rotatable bonds is 2. The maximum absolute atomic E-state index is 10.7. The van der Waals surface area contributed by atoms with Gasteiger partial charge in [-0.25, -0.2) is 24.7 Å². The number of ether oxygens (including phenoxy) is 1. The summed E-state index contributed by atoms with van der Waals surface area (Å²) in [4.78, 5) is 26.1. The van der Waals surface area contributed by atoms with Crippen molar-refractivity contribution in [2.24, 2.45) is 0 Å². The summed E-state index contributed by atoms with van der Waals surface area (Å²) in [5, 5.41) is 6.87. The number of carbonyl (C=O) groups is 1. The van der Waals surface area contributed by atoms with E-state index in [9.17, 15) is 4.79 Å². The van der Waals surface area contributed by atoms with Gasteiger partial charge in [-0.1, -0.05) is 0 Å². The van der Waals surface area contributed by atoms with Crippen LogP contribution in [0.2, 0.25) is 0 Å². The molecule has 0 saturated heterocycles. The zero-order valence-electron chi connectivity index (χ0n) is 12.1. The molecule has 0 atom stereocenters. The van der Waals surface area contributed by atoms with Crippen LogP contribution < -0.4 is 0 Å². The van der Waals surface area contributed by atoms with Crippen LogP contribution in [0.25, 0.3) is 11.5 Å². The average Bonchev–Trinajstić information content (AvgIpc) is 3.03. The van der Waals surface area contributed by atoms with E-state index in [-0.39, 0.29) is 5.82 Å². The fourth-order valence-corrected chi connectivity index (χ4v) is 1.46. The maximum Gasteiger partial charge on any atom is 0.376 e. The molecule has 1 N–H and O–H groups in total. The fourth-order valence-electron chi connectivity index (χ4n) is 1.46. The van der Waals surface area contributed by atoms with E-state index < -0.39 is 5.97 Å². The summed E-state index contributed by atoms with van der Waals surface area (Å²) in [6, 6.07) is 5.32. The molecule has 3 rings (SSSR count). The Morgan fingerprint density at radius 3 is 2.14 bits per heavy atom. The number of methoxy groups -OCH3 is 1. The molecule has 3 aromatic heterocycles. The summed E-state index contributed by atoms with van der Waals surface area (Å²) in [6.45, 7) is 1.94. The lowest BCUT2D eigenvalue weighted by atomic mass is 10.3. The summed E-state index contributed by atoms with van der Waals surface area (Å²) in [5.41, 5.74) is 1.80. The van der Waals surface area contributed by atoms with Gasteiger partial charge in [-0.2, -0.15) is 5.10 Å². The van der Waals surface area contributed by atoms with Crippen molar-refractivity contribution >= 4 is 5.97 Å². The number of H-pyrrole nitrogens is 1. The third-order valence-electron chi connectivity index (χ3n) is 2.43. The first kappa shape index (κ1) is 15.2. The summed E-state index contributed by atoms with van der Waals surface area (Å²) in [6.07, 6.45) is 6.37. The second-order valence-electron chi connectivity index (χ2n) is 4.07. The quantitative estimate of drug-likeness (QED) is 0.713. The fraction of sp³-hybridized carbons (Fsp3) is 0.143. The predicted molar refractivity (Wildman–Crippen MR) is 77.7 cm³/mol. The minimum atomic E-state index is -0.513. The van der Waals surface area contributed by atoms with E-state index in [1.807, 2.05) is 13.0 Å². The Morgan fingerprint density at radius 2 is 1.64 bits per heavy atom. The average molecular weight is 298 g/mol. The van der Waals surface area contributed by atoms with Gasteiger partial charge in [0.25, 0.3) is 0 Å². The lowest BCUT2D eigenvalue weighted by molar-refractivity contribution is 0.0586. The van der Waals surface area contributed by atoms with Gasteiger partial charge in [0.2, 0.25) is 5.82 Å². The van der Waals surface area contributed by atoms with E-state index in [1.165, 1.54) is 19.5 Å². The van der Waals surface area contributed by atoms with E-state index in [4.69, 9.17) is 0 Å². The second-order valence-corrected chi connectivity index (χ2v) is 4.07. The van der Waals surface area contributed by atoms with Gasteiger partial charge in [-0.3, -0.25) is 5.10 Å². The van der Waals surface area contributed by atoms with Crippen LogP contribution in [-0.2, 0) is 4.74 Å². The topological polar surface area (TPSA) is 107 Å². The van der Waals surface area contributed by atoms with E-state index in [0.717, 1.165) is 11.4 Å². The van der Waals surface area contributed by atoms with Crippen molar-refractivity contribution < 1.29 is 9.53 Å². The van der Waals surface area contributed by atoms with Gasteiger partial charge >= 0.3 is 5.97 Å². The molecule has 8 heteroatoms. The molecule has 0 saturated carbocycles. The van der Waals surface area contributed by atoms with E-state index in [0.29, 0.717) is 5.82 Å². The van der Waals surface area contributed by atoms with Crippen LogP contribution in [0.5, 0.6) is 0 Å². The summed E-state index contributed by atoms with van der Waals surface area (Å²) < 4.78 is 4.37. The lowest BCUT2D eigenvalue weighted by Crippen LogP contribution is -2.05. The lowest BCUT2D eigenvalue weighted by Gasteiger charge is -1.93. The van der Waals surface area contributed by atoms with Crippen LogP contribution >= 0.6 is 0 Å². The normalized spacial score (nSPS) is 9.55. The zero-order chi connectivity index (χ0) is 15.8. The highest BCUT2D eigenvalue weighted by molar-refractivity contribution is 5.84. The maximum atomic E-state index is 10.7. The molecule has 3 heterocycles. The SMILES string of the molecule is COC(=O)c1ncccn1.Cc1cc(-c2ncccn2)n[nH]1. The molecular weight excluding hydrogens is 284 g/mol. The molecule has 0 fully saturated rings. The van der Waals surface area contributed by atoms with E-state index in [1.54, 1.807) is 24.5 Å². The van der Waals surface area contributed by atoms with Crippen LogP contribution in [0, 0.1) is 6.92 Å². The number of nitrogens with one attached hydrogen (secondary N) is 1. The Balaban J connectivity index is 0.000000164. The second kappa shape index (κ2) is 7.58. The Bertz CT molecular complexity index is 714. The highest BCUT2D eigenvalue weighted by atomic mass is 16.5. The van der Waals surface area contributed by atoms with Gasteiger partial charge in [0.1, 0.15) is 5.69 Å². The number of nitrogens with zero attached hydrogens (tertiary/aromatic N) is 5. The number of hydrogen-bond acceptors (Lipinski definition) is 7. The third kappa shape index (κ3) is 4.17. The van der Waals surface area contributed by atoms with E-state index in [2.05, 4.69) is 34.9 Å². The number of hydrogen-bond donors (Lipinski definition) is 1. The Hall–Kier alpha value is -3.16. The first-order valence-electron chi connectivity index (χ1n) is 6.35. The van der Waals surface area contributed by atoms with Gasteiger partial charge in [0.05, 0.1) is 7.11 Å². The van der Waals surface area contributed by atoms with Gasteiger partial charge in [0, 0.05) is 30.5 Å². The van der Waals surface area contributed by atoms with Crippen LogP contribution in [0.4, 0.5) is 0 Å². The first-order valence-corrected chi connectivity index (χ1v) is 6.35. The predicted octanol–water partition coefficient (Wildman–Crippen LogP) is 1.44. The molecule has 112 valence electrons. The van der Waals surface area contributed by atoms with Crippen molar-refractivity contribution in [3.05, 3.63) is 54.5 Å². The number of carbonyl (C=O) groups excluding carboxylic acids is 1. The zero-order valence-corrected chi connectivity index (χ0v) is 12.1. The standard InChI is InChI=1S/C8H8N4.C6H6N2O2/c1-6-5-7(12-11-6)8-9-3-2-4-10-8;1-10-6(9)5-7-3-2-4-8-5/h2-5H,1H3,(H,11,12);2-4H,1H3. The molecule has 0 spiro atoms. The third-order valence-corrected chi connectivity index (χ3v) is 2.43. The van der Waals surface area contributed by atoms with Crippen LogP contribution in [0.15, 0.2) is 43.0 Å². The molecule has 22 heavy (non-hydrogen) atoms.